The second-order valence-corrected chi connectivity index (χ2v) is 5.77. The Morgan fingerprint density at radius 3 is 2.47 bits per heavy atom. The fraction of sp³-hybridized carbons (Fsp3) is 0.286. The number of halogens is 1. The van der Waals surface area contributed by atoms with Gasteiger partial charge in [0.05, 0.1) is 29.6 Å². The van der Waals surface area contributed by atoms with Gasteiger partial charge in [-0.2, -0.15) is 0 Å². The molecule has 0 bridgehead atoms. The number of nitrogens with one attached hydrogen (secondary N) is 1. The molecule has 1 aromatic carbocycles. The molecule has 0 radical (unpaired) electrons. The molecule has 102 valence electrons. The Labute approximate surface area is 125 Å². The first-order valence-electron chi connectivity index (χ1n) is 5.83. The SMILES string of the molecule is CNC(c1ccc(OC)c(Br)c1)c1sccc1OC. The molecule has 1 unspecified atom stereocenters. The summed E-state index contributed by atoms with van der Waals surface area (Å²) in [5, 5.41) is 5.37. The largest absolute Gasteiger partial charge is 0.496 e. The lowest BCUT2D eigenvalue weighted by molar-refractivity contribution is 0.408. The van der Waals surface area contributed by atoms with Gasteiger partial charge >= 0.3 is 0 Å². The summed E-state index contributed by atoms with van der Waals surface area (Å²) in [5.74, 6) is 1.74. The summed E-state index contributed by atoms with van der Waals surface area (Å²) in [5.41, 5.74) is 1.16. The molecule has 1 atom stereocenters. The molecule has 0 amide bonds. The molecule has 0 spiro atoms. The zero-order valence-corrected chi connectivity index (χ0v) is 13.5. The quantitative estimate of drug-likeness (QED) is 0.896. The second kappa shape index (κ2) is 6.41. The highest BCUT2D eigenvalue weighted by Crippen LogP contribution is 2.36. The summed E-state index contributed by atoms with van der Waals surface area (Å²) in [6.45, 7) is 0. The van der Waals surface area contributed by atoms with Gasteiger partial charge in [-0.3, -0.25) is 0 Å². The molecule has 0 saturated heterocycles. The third kappa shape index (κ3) is 2.94. The van der Waals surface area contributed by atoms with Gasteiger partial charge in [0.2, 0.25) is 0 Å². The van der Waals surface area contributed by atoms with E-state index >= 15 is 0 Å². The van der Waals surface area contributed by atoms with Gasteiger partial charge in [0.15, 0.2) is 0 Å². The van der Waals surface area contributed by atoms with E-state index < -0.39 is 0 Å². The minimum atomic E-state index is 0.108. The Hall–Kier alpha value is -1.04. The van der Waals surface area contributed by atoms with E-state index in [-0.39, 0.29) is 6.04 Å². The fourth-order valence-corrected chi connectivity index (χ4v) is 3.55. The summed E-state index contributed by atoms with van der Waals surface area (Å²) < 4.78 is 11.6. The zero-order valence-electron chi connectivity index (χ0n) is 11.1. The van der Waals surface area contributed by atoms with Crippen molar-refractivity contribution >= 4 is 27.3 Å². The van der Waals surface area contributed by atoms with Crippen LogP contribution in [-0.2, 0) is 0 Å². The highest BCUT2D eigenvalue weighted by atomic mass is 79.9. The van der Waals surface area contributed by atoms with Crippen molar-refractivity contribution in [3.63, 3.8) is 0 Å². The molecular weight excluding hydrogens is 326 g/mol. The standard InChI is InChI=1S/C14H16BrNO2S/c1-16-13(14-12(18-3)6-7-19-14)9-4-5-11(17-2)10(15)8-9/h4-8,13,16H,1-3H3. The van der Waals surface area contributed by atoms with Gasteiger partial charge < -0.3 is 14.8 Å². The van der Waals surface area contributed by atoms with E-state index in [9.17, 15) is 0 Å². The van der Waals surface area contributed by atoms with E-state index in [1.165, 1.54) is 4.88 Å². The Kier molecular flexibility index (Phi) is 4.85. The van der Waals surface area contributed by atoms with Crippen molar-refractivity contribution in [1.29, 1.82) is 0 Å². The fourth-order valence-electron chi connectivity index (χ4n) is 2.00. The van der Waals surface area contributed by atoms with Crippen molar-refractivity contribution in [2.75, 3.05) is 21.3 Å². The monoisotopic (exact) mass is 341 g/mol. The van der Waals surface area contributed by atoms with E-state index in [0.29, 0.717) is 0 Å². The summed E-state index contributed by atoms with van der Waals surface area (Å²) in [4.78, 5) is 1.17. The maximum Gasteiger partial charge on any atom is 0.134 e. The molecule has 0 saturated carbocycles. The number of hydrogen-bond donors (Lipinski definition) is 1. The zero-order chi connectivity index (χ0) is 13.8. The van der Waals surface area contributed by atoms with Crippen LogP contribution < -0.4 is 14.8 Å². The van der Waals surface area contributed by atoms with Crippen molar-refractivity contribution < 1.29 is 9.47 Å². The average molecular weight is 342 g/mol. The smallest absolute Gasteiger partial charge is 0.134 e. The van der Waals surface area contributed by atoms with Gasteiger partial charge in [-0.05, 0) is 52.1 Å². The van der Waals surface area contributed by atoms with Crippen molar-refractivity contribution in [2.24, 2.45) is 0 Å². The first kappa shape index (κ1) is 14.4. The van der Waals surface area contributed by atoms with Crippen LogP contribution in [0.3, 0.4) is 0 Å². The third-order valence-electron chi connectivity index (χ3n) is 2.94. The van der Waals surface area contributed by atoms with Crippen LogP contribution >= 0.6 is 27.3 Å². The molecule has 3 nitrogen and oxygen atoms in total. The number of ether oxygens (including phenoxy) is 2. The molecule has 0 aliphatic carbocycles. The van der Waals surface area contributed by atoms with Gasteiger partial charge in [-0.1, -0.05) is 6.07 Å². The first-order chi connectivity index (χ1) is 9.21. The van der Waals surface area contributed by atoms with E-state index in [2.05, 4.69) is 33.4 Å². The highest BCUT2D eigenvalue weighted by Gasteiger charge is 2.19. The Morgan fingerprint density at radius 1 is 1.16 bits per heavy atom. The van der Waals surface area contributed by atoms with Gasteiger partial charge in [0, 0.05) is 0 Å². The van der Waals surface area contributed by atoms with Crippen molar-refractivity contribution in [1.82, 2.24) is 5.32 Å². The average Bonchev–Trinajstić information content (AvgIpc) is 2.88. The molecule has 1 N–H and O–H groups in total. The topological polar surface area (TPSA) is 30.5 Å². The first-order valence-corrected chi connectivity index (χ1v) is 7.50. The van der Waals surface area contributed by atoms with Crippen molar-refractivity contribution in [3.8, 4) is 11.5 Å². The van der Waals surface area contributed by atoms with Gasteiger partial charge in [-0.25, -0.2) is 0 Å². The molecule has 2 aromatic rings. The summed E-state index contributed by atoms with van der Waals surface area (Å²) in [6, 6.07) is 8.19. The van der Waals surface area contributed by atoms with Crippen molar-refractivity contribution in [3.05, 3.63) is 44.6 Å². The predicted octanol–water partition coefficient (Wildman–Crippen LogP) is 3.84. The Morgan fingerprint density at radius 2 is 1.89 bits per heavy atom. The van der Waals surface area contributed by atoms with E-state index in [1.54, 1.807) is 25.6 Å². The van der Waals surface area contributed by atoms with E-state index in [0.717, 1.165) is 21.5 Å². The minimum Gasteiger partial charge on any atom is -0.496 e. The van der Waals surface area contributed by atoms with Gasteiger partial charge in [0.25, 0.3) is 0 Å². The molecular formula is C14H16BrNO2S. The number of rotatable bonds is 5. The van der Waals surface area contributed by atoms with Crippen LogP contribution in [0.15, 0.2) is 34.1 Å². The third-order valence-corrected chi connectivity index (χ3v) is 4.52. The van der Waals surface area contributed by atoms with Crippen LogP contribution in [0, 0.1) is 0 Å². The minimum absolute atomic E-state index is 0.108. The molecule has 1 heterocycles. The Balaban J connectivity index is 2.40. The maximum absolute atomic E-state index is 5.40. The van der Waals surface area contributed by atoms with Crippen LogP contribution in [0.5, 0.6) is 11.5 Å². The van der Waals surface area contributed by atoms with E-state index in [4.69, 9.17) is 9.47 Å². The number of benzene rings is 1. The summed E-state index contributed by atoms with van der Waals surface area (Å²) in [6.07, 6.45) is 0. The molecule has 1 aromatic heterocycles. The maximum atomic E-state index is 5.40. The second-order valence-electron chi connectivity index (χ2n) is 3.97. The molecule has 0 aliphatic rings. The lowest BCUT2D eigenvalue weighted by atomic mass is 10.0. The van der Waals surface area contributed by atoms with Crippen molar-refractivity contribution in [2.45, 2.75) is 6.04 Å². The Bertz CT molecular complexity index is 556. The van der Waals surface area contributed by atoms with Crippen LogP contribution in [0.2, 0.25) is 0 Å². The number of hydrogen-bond acceptors (Lipinski definition) is 4. The summed E-state index contributed by atoms with van der Waals surface area (Å²) >= 11 is 5.21. The molecule has 19 heavy (non-hydrogen) atoms. The molecule has 0 aliphatic heterocycles. The van der Waals surface area contributed by atoms with Crippen LogP contribution in [0.25, 0.3) is 0 Å². The normalized spacial score (nSPS) is 12.2. The van der Waals surface area contributed by atoms with Crippen LogP contribution in [-0.4, -0.2) is 21.3 Å². The predicted molar refractivity (Wildman–Crippen MR) is 82.5 cm³/mol. The number of thiophene rings is 1. The molecule has 2 rings (SSSR count). The molecule has 5 heteroatoms. The lowest BCUT2D eigenvalue weighted by Gasteiger charge is -2.17. The molecule has 0 fully saturated rings. The van der Waals surface area contributed by atoms with Gasteiger partial charge in [0.1, 0.15) is 11.5 Å². The number of methoxy groups -OCH3 is 2. The summed E-state index contributed by atoms with van der Waals surface area (Å²) in [7, 11) is 5.31. The lowest BCUT2D eigenvalue weighted by Crippen LogP contribution is -2.17. The van der Waals surface area contributed by atoms with E-state index in [1.807, 2.05) is 24.6 Å². The van der Waals surface area contributed by atoms with Crippen LogP contribution in [0.1, 0.15) is 16.5 Å². The van der Waals surface area contributed by atoms with Gasteiger partial charge in [-0.15, -0.1) is 11.3 Å². The van der Waals surface area contributed by atoms with Crippen LogP contribution in [0.4, 0.5) is 0 Å². The highest BCUT2D eigenvalue weighted by molar-refractivity contribution is 9.10.